The molecule has 0 spiro atoms. The van der Waals surface area contributed by atoms with Gasteiger partial charge in [0.1, 0.15) is 0 Å². The third-order valence-electron chi connectivity index (χ3n) is 3.05. The molecule has 0 aliphatic rings. The van der Waals surface area contributed by atoms with Gasteiger partial charge in [-0.2, -0.15) is 0 Å². The van der Waals surface area contributed by atoms with E-state index in [0.717, 1.165) is 28.9 Å². The number of thiazole rings is 1. The van der Waals surface area contributed by atoms with Gasteiger partial charge in [-0.15, -0.1) is 11.3 Å². The van der Waals surface area contributed by atoms with Crippen molar-refractivity contribution in [3.63, 3.8) is 0 Å². The Morgan fingerprint density at radius 1 is 1.32 bits per heavy atom. The topological polar surface area (TPSA) is 66.6 Å². The molecule has 2 N–H and O–H groups in total. The summed E-state index contributed by atoms with van der Waals surface area (Å²) in [4.78, 5) is 14.4. The van der Waals surface area contributed by atoms with Crippen molar-refractivity contribution in [3.05, 3.63) is 53.6 Å². The first-order valence-corrected chi connectivity index (χ1v) is 8.06. The number of nitrogens with zero attached hydrogens (tertiary/aromatic N) is 4. The fourth-order valence-electron chi connectivity index (χ4n) is 2.03. The summed E-state index contributed by atoms with van der Waals surface area (Å²) in [7, 11) is 0. The number of pyridine rings is 1. The largest absolute Gasteiger partial charge is 0.357 e. The van der Waals surface area contributed by atoms with Gasteiger partial charge in [0.25, 0.3) is 0 Å². The predicted molar refractivity (Wildman–Crippen MR) is 89.0 cm³/mol. The van der Waals surface area contributed by atoms with E-state index in [4.69, 9.17) is 0 Å². The summed E-state index contributed by atoms with van der Waals surface area (Å²) in [6.07, 6.45) is 5.81. The number of hydrogen-bond acceptors (Lipinski definition) is 4. The third-order valence-corrected chi connectivity index (χ3v) is 3.82. The number of rotatable bonds is 5. The second-order valence-corrected chi connectivity index (χ2v) is 5.57. The summed E-state index contributed by atoms with van der Waals surface area (Å²) in [5, 5.41) is 8.53. The van der Waals surface area contributed by atoms with Crippen molar-refractivity contribution in [1.82, 2.24) is 25.0 Å². The lowest BCUT2D eigenvalue weighted by Crippen LogP contribution is -2.37. The van der Waals surface area contributed by atoms with Crippen LogP contribution < -0.4 is 10.6 Å². The van der Waals surface area contributed by atoms with Crippen molar-refractivity contribution < 1.29 is 0 Å². The second-order valence-electron chi connectivity index (χ2n) is 4.69. The molecule has 7 heteroatoms. The van der Waals surface area contributed by atoms with Crippen LogP contribution in [-0.4, -0.2) is 26.9 Å². The summed E-state index contributed by atoms with van der Waals surface area (Å²) < 4.78 is 2.02. The summed E-state index contributed by atoms with van der Waals surface area (Å²) in [5.41, 5.74) is 1.94. The lowest BCUT2D eigenvalue weighted by Gasteiger charge is -2.10. The molecule has 3 heterocycles. The second kappa shape index (κ2) is 7.04. The van der Waals surface area contributed by atoms with Gasteiger partial charge in [-0.25, -0.2) is 9.98 Å². The van der Waals surface area contributed by atoms with Crippen LogP contribution in [0.3, 0.4) is 0 Å². The highest BCUT2D eigenvalue weighted by atomic mass is 32.1. The lowest BCUT2D eigenvalue weighted by atomic mass is 10.3. The maximum absolute atomic E-state index is 4.57. The quantitative estimate of drug-likeness (QED) is 0.559. The minimum Gasteiger partial charge on any atom is -0.357 e. The Kier molecular flexibility index (Phi) is 4.65. The first kappa shape index (κ1) is 14.5. The minimum atomic E-state index is 0.548. The van der Waals surface area contributed by atoms with Crippen molar-refractivity contribution in [3.8, 4) is 0 Å². The normalized spacial score (nSPS) is 11.8. The minimum absolute atomic E-state index is 0.548. The third kappa shape index (κ3) is 3.62. The molecule has 114 valence electrons. The van der Waals surface area contributed by atoms with E-state index in [1.54, 1.807) is 17.5 Å². The van der Waals surface area contributed by atoms with Crippen molar-refractivity contribution in [2.24, 2.45) is 4.99 Å². The van der Waals surface area contributed by atoms with E-state index in [9.17, 15) is 0 Å². The Morgan fingerprint density at radius 3 is 3.05 bits per heavy atom. The van der Waals surface area contributed by atoms with E-state index >= 15 is 0 Å². The number of imidazole rings is 1. The molecule has 22 heavy (non-hydrogen) atoms. The molecule has 0 aromatic carbocycles. The summed E-state index contributed by atoms with van der Waals surface area (Å²) in [5.74, 6) is 0.768. The number of fused-ring (bicyclic) bond motifs is 1. The standard InChI is InChI=1S/C15H18N6S/c1-2-16-14(18-9-12-5-3-4-6-17-12)19-10-13-11-21-7-8-22-15(21)20-13/h3-8,11H,2,9-10H2,1H3,(H2,16,18,19). The Labute approximate surface area is 133 Å². The molecule has 3 rings (SSSR count). The number of aliphatic imine (C=N–C) groups is 1. The van der Waals surface area contributed by atoms with Gasteiger partial charge in [0, 0.05) is 30.5 Å². The van der Waals surface area contributed by atoms with Gasteiger partial charge in [-0.1, -0.05) is 6.07 Å². The Balaban J connectivity index is 1.63. The molecule has 0 fully saturated rings. The van der Waals surface area contributed by atoms with Gasteiger partial charge in [-0.05, 0) is 19.1 Å². The maximum atomic E-state index is 4.57. The van der Waals surface area contributed by atoms with Gasteiger partial charge < -0.3 is 10.6 Å². The first-order valence-electron chi connectivity index (χ1n) is 7.18. The summed E-state index contributed by atoms with van der Waals surface area (Å²) in [6.45, 7) is 4.05. The van der Waals surface area contributed by atoms with Gasteiger partial charge in [0.2, 0.25) is 0 Å². The highest BCUT2D eigenvalue weighted by molar-refractivity contribution is 7.15. The molecule has 3 aromatic heterocycles. The molecule has 0 saturated heterocycles. The fraction of sp³-hybridized carbons (Fsp3) is 0.267. The van der Waals surface area contributed by atoms with Gasteiger partial charge in [0.15, 0.2) is 10.9 Å². The maximum Gasteiger partial charge on any atom is 0.193 e. The molecule has 0 bridgehead atoms. The number of guanidine groups is 1. The first-order chi connectivity index (χ1) is 10.8. The van der Waals surface area contributed by atoms with Crippen LogP contribution in [0.5, 0.6) is 0 Å². The van der Waals surface area contributed by atoms with Gasteiger partial charge >= 0.3 is 0 Å². The monoisotopic (exact) mass is 314 g/mol. The highest BCUT2D eigenvalue weighted by Crippen LogP contribution is 2.11. The van der Waals surface area contributed by atoms with Crippen LogP contribution in [0.25, 0.3) is 4.96 Å². The zero-order chi connectivity index (χ0) is 15.2. The average Bonchev–Trinajstić information content (AvgIpc) is 3.12. The Bertz CT molecular complexity index is 717. The molecule has 0 saturated carbocycles. The van der Waals surface area contributed by atoms with Gasteiger partial charge in [0.05, 0.1) is 24.5 Å². The zero-order valence-corrected chi connectivity index (χ0v) is 13.2. The van der Waals surface area contributed by atoms with E-state index in [0.29, 0.717) is 13.1 Å². The molecular weight excluding hydrogens is 296 g/mol. The van der Waals surface area contributed by atoms with Crippen molar-refractivity contribution >= 4 is 22.3 Å². The van der Waals surface area contributed by atoms with E-state index in [1.807, 2.05) is 47.3 Å². The van der Waals surface area contributed by atoms with E-state index in [1.165, 1.54) is 0 Å². The Hall–Kier alpha value is -2.41. The van der Waals surface area contributed by atoms with E-state index < -0.39 is 0 Å². The summed E-state index contributed by atoms with van der Waals surface area (Å²) in [6, 6.07) is 5.87. The predicted octanol–water partition coefficient (Wildman–Crippen LogP) is 2.05. The molecule has 0 aliphatic heterocycles. The Morgan fingerprint density at radius 2 is 2.27 bits per heavy atom. The van der Waals surface area contributed by atoms with Crippen LogP contribution in [0.4, 0.5) is 0 Å². The van der Waals surface area contributed by atoms with Crippen LogP contribution >= 0.6 is 11.3 Å². The van der Waals surface area contributed by atoms with Crippen molar-refractivity contribution in [2.45, 2.75) is 20.0 Å². The SMILES string of the molecule is CCNC(=NCc1cn2ccsc2n1)NCc1ccccn1. The molecule has 0 aliphatic carbocycles. The molecule has 0 radical (unpaired) electrons. The average molecular weight is 314 g/mol. The molecule has 0 atom stereocenters. The molecule has 6 nitrogen and oxygen atoms in total. The summed E-state index contributed by atoms with van der Waals surface area (Å²) >= 11 is 1.62. The van der Waals surface area contributed by atoms with Crippen molar-refractivity contribution in [1.29, 1.82) is 0 Å². The van der Waals surface area contributed by atoms with Crippen LogP contribution in [0.15, 0.2) is 47.2 Å². The number of hydrogen-bond donors (Lipinski definition) is 2. The number of aromatic nitrogens is 3. The van der Waals surface area contributed by atoms with Crippen LogP contribution in [-0.2, 0) is 13.1 Å². The smallest absolute Gasteiger partial charge is 0.193 e. The molecule has 0 amide bonds. The van der Waals surface area contributed by atoms with Crippen LogP contribution in [0.2, 0.25) is 0 Å². The molecule has 0 unspecified atom stereocenters. The van der Waals surface area contributed by atoms with Crippen LogP contribution in [0.1, 0.15) is 18.3 Å². The lowest BCUT2D eigenvalue weighted by molar-refractivity contribution is 0.797. The number of nitrogens with one attached hydrogen (secondary N) is 2. The van der Waals surface area contributed by atoms with E-state index in [-0.39, 0.29) is 0 Å². The zero-order valence-electron chi connectivity index (χ0n) is 12.4. The molecular formula is C15H18N6S. The van der Waals surface area contributed by atoms with Crippen molar-refractivity contribution in [2.75, 3.05) is 6.54 Å². The highest BCUT2D eigenvalue weighted by Gasteiger charge is 2.03. The fourth-order valence-corrected chi connectivity index (χ4v) is 2.75. The van der Waals surface area contributed by atoms with E-state index in [2.05, 4.69) is 25.6 Å². The van der Waals surface area contributed by atoms with Crippen LogP contribution in [0, 0.1) is 0 Å². The van der Waals surface area contributed by atoms with Gasteiger partial charge in [-0.3, -0.25) is 9.38 Å². The molecule has 3 aromatic rings.